The quantitative estimate of drug-likeness (QED) is 0.570. The SMILES string of the molecule is CN(CCNC(=O)CCN1C(=O)c2cccnc2Sc2ccccc21)Cc1ccccc1. The Labute approximate surface area is 192 Å². The number of hydrogen-bond acceptors (Lipinski definition) is 5. The van der Waals surface area contributed by atoms with Gasteiger partial charge in [0.2, 0.25) is 5.91 Å². The molecule has 1 N–H and O–H groups in total. The van der Waals surface area contributed by atoms with Gasteiger partial charge in [-0.05, 0) is 36.9 Å². The molecule has 0 saturated heterocycles. The molecule has 7 heteroatoms. The number of carbonyl (C=O) groups is 2. The van der Waals surface area contributed by atoms with Crippen molar-refractivity contribution in [2.45, 2.75) is 22.9 Å². The molecule has 0 saturated carbocycles. The van der Waals surface area contributed by atoms with Crippen LogP contribution in [0, 0.1) is 0 Å². The minimum Gasteiger partial charge on any atom is -0.355 e. The maximum Gasteiger partial charge on any atom is 0.261 e. The number of para-hydroxylation sites is 1. The van der Waals surface area contributed by atoms with E-state index in [0.29, 0.717) is 23.7 Å². The largest absolute Gasteiger partial charge is 0.355 e. The number of aromatic nitrogens is 1. The fourth-order valence-electron chi connectivity index (χ4n) is 3.64. The maximum atomic E-state index is 13.2. The third-order valence-corrected chi connectivity index (χ3v) is 6.37. The zero-order valence-electron chi connectivity index (χ0n) is 18.0. The highest BCUT2D eigenvalue weighted by Crippen LogP contribution is 2.40. The predicted octanol–water partition coefficient (Wildman–Crippen LogP) is 3.83. The standard InChI is InChI=1S/C25H26N4O2S/c1-28(18-19-8-3-2-4-9-19)17-15-26-23(30)13-16-29-21-11-5-6-12-22(21)32-24-20(25(29)31)10-7-14-27-24/h2-12,14H,13,15-18H2,1H3,(H,26,30). The molecule has 0 unspecified atom stereocenters. The van der Waals surface area contributed by atoms with E-state index in [4.69, 9.17) is 0 Å². The summed E-state index contributed by atoms with van der Waals surface area (Å²) in [7, 11) is 2.04. The molecule has 32 heavy (non-hydrogen) atoms. The first-order valence-electron chi connectivity index (χ1n) is 10.6. The summed E-state index contributed by atoms with van der Waals surface area (Å²) in [5, 5.41) is 3.67. The lowest BCUT2D eigenvalue weighted by Crippen LogP contribution is -2.37. The normalized spacial score (nSPS) is 12.8. The summed E-state index contributed by atoms with van der Waals surface area (Å²) < 4.78 is 0. The summed E-state index contributed by atoms with van der Waals surface area (Å²) in [5.41, 5.74) is 2.62. The van der Waals surface area contributed by atoms with Crippen LogP contribution >= 0.6 is 11.8 Å². The topological polar surface area (TPSA) is 65.5 Å². The Morgan fingerprint density at radius 3 is 2.69 bits per heavy atom. The van der Waals surface area contributed by atoms with Crippen LogP contribution in [-0.2, 0) is 11.3 Å². The van der Waals surface area contributed by atoms with E-state index in [1.54, 1.807) is 23.2 Å². The van der Waals surface area contributed by atoms with Gasteiger partial charge in [0.1, 0.15) is 5.03 Å². The summed E-state index contributed by atoms with van der Waals surface area (Å²) in [4.78, 5) is 34.9. The Balaban J connectivity index is 1.33. The van der Waals surface area contributed by atoms with E-state index in [2.05, 4.69) is 27.3 Å². The molecule has 4 rings (SSSR count). The van der Waals surface area contributed by atoms with Gasteiger partial charge < -0.3 is 15.1 Å². The molecule has 164 valence electrons. The predicted molar refractivity (Wildman–Crippen MR) is 127 cm³/mol. The number of rotatable bonds is 8. The second-order valence-electron chi connectivity index (χ2n) is 7.71. The van der Waals surface area contributed by atoms with Crippen LogP contribution < -0.4 is 10.2 Å². The highest BCUT2D eigenvalue weighted by atomic mass is 32.2. The Bertz CT molecular complexity index is 1090. The molecule has 2 heterocycles. The summed E-state index contributed by atoms with van der Waals surface area (Å²) in [5.74, 6) is -0.187. The molecule has 1 aliphatic heterocycles. The molecule has 2 amide bonds. The molecule has 0 aliphatic carbocycles. The minimum absolute atomic E-state index is 0.0632. The minimum atomic E-state index is -0.124. The number of hydrogen-bond donors (Lipinski definition) is 1. The van der Waals surface area contributed by atoms with E-state index in [1.807, 2.05) is 49.5 Å². The van der Waals surface area contributed by atoms with Crippen molar-refractivity contribution in [2.24, 2.45) is 0 Å². The number of benzene rings is 2. The van der Waals surface area contributed by atoms with Gasteiger partial charge in [0.05, 0.1) is 11.3 Å². The van der Waals surface area contributed by atoms with Crippen molar-refractivity contribution in [1.29, 1.82) is 0 Å². The van der Waals surface area contributed by atoms with E-state index < -0.39 is 0 Å². The van der Waals surface area contributed by atoms with Crippen molar-refractivity contribution >= 4 is 29.3 Å². The number of fused-ring (bicyclic) bond motifs is 2. The molecule has 0 spiro atoms. The van der Waals surface area contributed by atoms with E-state index in [1.165, 1.54) is 17.3 Å². The van der Waals surface area contributed by atoms with Crippen LogP contribution in [0.5, 0.6) is 0 Å². The summed E-state index contributed by atoms with van der Waals surface area (Å²) in [6, 6.07) is 21.6. The first kappa shape index (κ1) is 22.0. The van der Waals surface area contributed by atoms with Crippen molar-refractivity contribution in [3.63, 3.8) is 0 Å². The summed E-state index contributed by atoms with van der Waals surface area (Å²) >= 11 is 1.48. The van der Waals surface area contributed by atoms with Crippen molar-refractivity contribution in [3.05, 3.63) is 84.1 Å². The molecular weight excluding hydrogens is 420 g/mol. The van der Waals surface area contributed by atoms with E-state index in [0.717, 1.165) is 23.7 Å². The van der Waals surface area contributed by atoms with Gasteiger partial charge in [-0.3, -0.25) is 9.59 Å². The van der Waals surface area contributed by atoms with Crippen LogP contribution in [0.25, 0.3) is 0 Å². The van der Waals surface area contributed by atoms with Crippen LogP contribution in [0.15, 0.2) is 82.8 Å². The van der Waals surface area contributed by atoms with Crippen LogP contribution in [0.3, 0.4) is 0 Å². The summed E-state index contributed by atoms with van der Waals surface area (Å²) in [6.07, 6.45) is 1.93. The fraction of sp³-hybridized carbons (Fsp3) is 0.240. The third-order valence-electron chi connectivity index (χ3n) is 5.28. The first-order chi connectivity index (χ1) is 15.6. The van der Waals surface area contributed by atoms with Crippen LogP contribution in [0.2, 0.25) is 0 Å². The molecule has 0 radical (unpaired) electrons. The van der Waals surface area contributed by atoms with Gasteiger partial charge in [0, 0.05) is 43.7 Å². The second kappa shape index (κ2) is 10.4. The van der Waals surface area contributed by atoms with E-state index in [-0.39, 0.29) is 18.2 Å². The fourth-order valence-corrected chi connectivity index (χ4v) is 4.66. The van der Waals surface area contributed by atoms with Gasteiger partial charge in [0.25, 0.3) is 5.91 Å². The van der Waals surface area contributed by atoms with E-state index >= 15 is 0 Å². The van der Waals surface area contributed by atoms with Gasteiger partial charge >= 0.3 is 0 Å². The van der Waals surface area contributed by atoms with Crippen molar-refractivity contribution in [2.75, 3.05) is 31.6 Å². The highest BCUT2D eigenvalue weighted by Gasteiger charge is 2.28. The van der Waals surface area contributed by atoms with Crippen molar-refractivity contribution in [1.82, 2.24) is 15.2 Å². The number of nitrogens with zero attached hydrogens (tertiary/aromatic N) is 3. The molecular formula is C25H26N4O2S. The molecule has 1 aliphatic rings. The molecule has 0 bridgehead atoms. The number of carbonyl (C=O) groups excluding carboxylic acids is 2. The molecule has 2 aromatic carbocycles. The number of anilines is 1. The smallest absolute Gasteiger partial charge is 0.261 e. The van der Waals surface area contributed by atoms with Gasteiger partial charge in [-0.15, -0.1) is 0 Å². The average molecular weight is 447 g/mol. The number of pyridine rings is 1. The van der Waals surface area contributed by atoms with Crippen LogP contribution in [-0.4, -0.2) is 48.4 Å². The molecule has 0 fully saturated rings. The molecule has 0 atom stereocenters. The number of likely N-dealkylation sites (N-methyl/N-ethyl adjacent to an activating group) is 1. The lowest BCUT2D eigenvalue weighted by atomic mass is 10.2. The molecule has 3 aromatic rings. The van der Waals surface area contributed by atoms with Crippen molar-refractivity contribution < 1.29 is 9.59 Å². The molecule has 6 nitrogen and oxygen atoms in total. The lowest BCUT2D eigenvalue weighted by Gasteiger charge is -2.23. The Kier molecular flexibility index (Phi) is 7.19. The van der Waals surface area contributed by atoms with Gasteiger partial charge in [0.15, 0.2) is 0 Å². The van der Waals surface area contributed by atoms with Crippen LogP contribution in [0.4, 0.5) is 5.69 Å². The average Bonchev–Trinajstić information content (AvgIpc) is 2.92. The molecule has 1 aromatic heterocycles. The zero-order valence-corrected chi connectivity index (χ0v) is 18.8. The van der Waals surface area contributed by atoms with Crippen LogP contribution in [0.1, 0.15) is 22.3 Å². The second-order valence-corrected chi connectivity index (χ2v) is 8.74. The first-order valence-corrected chi connectivity index (χ1v) is 11.5. The highest BCUT2D eigenvalue weighted by molar-refractivity contribution is 7.99. The Morgan fingerprint density at radius 1 is 1.06 bits per heavy atom. The van der Waals surface area contributed by atoms with Gasteiger partial charge in [-0.25, -0.2) is 4.98 Å². The van der Waals surface area contributed by atoms with Gasteiger partial charge in [-0.1, -0.05) is 54.2 Å². The zero-order chi connectivity index (χ0) is 22.3. The number of amides is 2. The Hall–Kier alpha value is -3.16. The maximum absolute atomic E-state index is 13.2. The van der Waals surface area contributed by atoms with Crippen molar-refractivity contribution in [3.8, 4) is 0 Å². The lowest BCUT2D eigenvalue weighted by molar-refractivity contribution is -0.120. The van der Waals surface area contributed by atoms with E-state index in [9.17, 15) is 9.59 Å². The summed E-state index contributed by atoms with van der Waals surface area (Å²) in [6.45, 7) is 2.47. The van der Waals surface area contributed by atoms with Gasteiger partial charge in [-0.2, -0.15) is 0 Å². The Morgan fingerprint density at radius 2 is 1.84 bits per heavy atom. The third kappa shape index (κ3) is 5.36. The monoisotopic (exact) mass is 446 g/mol. The number of nitrogens with one attached hydrogen (secondary N) is 1.